The van der Waals surface area contributed by atoms with E-state index in [9.17, 15) is 13.2 Å². The number of nitrogens with one attached hydrogen (secondary N) is 2. The second-order valence-corrected chi connectivity index (χ2v) is 9.40. The van der Waals surface area contributed by atoms with E-state index in [-0.39, 0.29) is 16.4 Å². The highest BCUT2D eigenvalue weighted by Crippen LogP contribution is 2.25. The van der Waals surface area contributed by atoms with E-state index in [0.29, 0.717) is 18.0 Å². The maximum absolute atomic E-state index is 12.7. The summed E-state index contributed by atoms with van der Waals surface area (Å²) >= 11 is 1.62. The number of anilines is 1. The number of amides is 1. The van der Waals surface area contributed by atoms with Gasteiger partial charge in [-0.25, -0.2) is 8.42 Å². The van der Waals surface area contributed by atoms with Crippen molar-refractivity contribution in [2.45, 2.75) is 11.4 Å². The van der Waals surface area contributed by atoms with E-state index in [2.05, 4.69) is 10.0 Å². The lowest BCUT2D eigenvalue weighted by Crippen LogP contribution is -2.23. The van der Waals surface area contributed by atoms with E-state index >= 15 is 0 Å². The van der Waals surface area contributed by atoms with E-state index in [4.69, 9.17) is 4.74 Å². The summed E-state index contributed by atoms with van der Waals surface area (Å²) in [4.78, 5) is 12.7. The summed E-state index contributed by atoms with van der Waals surface area (Å²) in [6, 6.07) is 20.5. The van der Waals surface area contributed by atoms with Gasteiger partial charge in [0.15, 0.2) is 0 Å². The third kappa shape index (κ3) is 4.70. The monoisotopic (exact) mass is 452 g/mol. The molecule has 0 saturated carbocycles. The number of rotatable bonds is 7. The number of carbonyl (C=O) groups is 1. The first-order valence-corrected chi connectivity index (χ1v) is 11.8. The number of hydrogen-bond acceptors (Lipinski definition) is 5. The molecule has 0 aliphatic carbocycles. The Morgan fingerprint density at radius 1 is 1.00 bits per heavy atom. The number of hydrogen-bond donors (Lipinski definition) is 2. The van der Waals surface area contributed by atoms with Crippen LogP contribution >= 0.6 is 11.3 Å². The zero-order valence-electron chi connectivity index (χ0n) is 16.7. The molecule has 31 heavy (non-hydrogen) atoms. The summed E-state index contributed by atoms with van der Waals surface area (Å²) in [5.74, 6) is 0.289. The molecule has 8 heteroatoms. The first-order valence-electron chi connectivity index (χ1n) is 9.46. The zero-order chi connectivity index (χ0) is 21.8. The zero-order valence-corrected chi connectivity index (χ0v) is 18.3. The largest absolute Gasteiger partial charge is 0.497 e. The Balaban J connectivity index is 1.48. The van der Waals surface area contributed by atoms with Gasteiger partial charge >= 0.3 is 0 Å². The predicted octanol–water partition coefficient (Wildman–Crippen LogP) is 4.64. The fourth-order valence-electron chi connectivity index (χ4n) is 3.12. The fraction of sp³-hybridized carbons (Fsp3) is 0.0870. The van der Waals surface area contributed by atoms with Crippen LogP contribution in [0.25, 0.3) is 10.1 Å². The van der Waals surface area contributed by atoms with E-state index in [0.717, 1.165) is 15.6 Å². The minimum absolute atomic E-state index is 0.0111. The van der Waals surface area contributed by atoms with Gasteiger partial charge in [0.05, 0.1) is 12.0 Å². The molecule has 2 N–H and O–H groups in total. The standard InChI is InChI=1S/C23H20N2O4S2/c1-29-19-11-9-18(10-12-19)25-31(27,28)20-6-4-5-16(13-20)23(26)24-14-17-15-30-22-8-3-2-7-21(17)22/h2-13,15,25H,14H2,1H3,(H,24,26). The van der Waals surface area contributed by atoms with Gasteiger partial charge in [0.25, 0.3) is 15.9 Å². The third-order valence-corrected chi connectivity index (χ3v) is 7.14. The number of methoxy groups -OCH3 is 1. The van der Waals surface area contributed by atoms with Crippen molar-refractivity contribution >= 4 is 43.0 Å². The summed E-state index contributed by atoms with van der Waals surface area (Å²) in [6.07, 6.45) is 0. The average molecular weight is 453 g/mol. The highest BCUT2D eigenvalue weighted by atomic mass is 32.2. The normalized spacial score (nSPS) is 11.3. The van der Waals surface area contributed by atoms with Crippen molar-refractivity contribution in [3.8, 4) is 5.75 Å². The van der Waals surface area contributed by atoms with Crippen molar-refractivity contribution < 1.29 is 17.9 Å². The van der Waals surface area contributed by atoms with Crippen LogP contribution in [0.5, 0.6) is 5.75 Å². The van der Waals surface area contributed by atoms with Crippen LogP contribution in [0.4, 0.5) is 5.69 Å². The van der Waals surface area contributed by atoms with Crippen LogP contribution in [-0.2, 0) is 16.6 Å². The van der Waals surface area contributed by atoms with Crippen molar-refractivity contribution in [1.82, 2.24) is 5.32 Å². The quantitative estimate of drug-likeness (QED) is 0.428. The van der Waals surface area contributed by atoms with Gasteiger partial charge < -0.3 is 10.1 Å². The Bertz CT molecular complexity index is 1330. The molecule has 0 radical (unpaired) electrons. The van der Waals surface area contributed by atoms with Crippen molar-refractivity contribution in [3.05, 3.63) is 89.3 Å². The van der Waals surface area contributed by atoms with Crippen molar-refractivity contribution in [2.24, 2.45) is 0 Å². The molecule has 4 rings (SSSR count). The summed E-state index contributed by atoms with van der Waals surface area (Å²) < 4.78 is 34.2. The maximum Gasteiger partial charge on any atom is 0.261 e. The van der Waals surface area contributed by atoms with Crippen LogP contribution in [0.1, 0.15) is 15.9 Å². The Labute approximate surface area is 184 Å². The number of sulfonamides is 1. The Hall–Kier alpha value is -3.36. The van der Waals surface area contributed by atoms with Crippen LogP contribution in [0.2, 0.25) is 0 Å². The van der Waals surface area contributed by atoms with Gasteiger partial charge in [0, 0.05) is 22.5 Å². The van der Waals surface area contributed by atoms with Crippen molar-refractivity contribution in [1.29, 1.82) is 0 Å². The first kappa shape index (κ1) is 20.9. The Kier molecular flexibility index (Phi) is 5.92. The Morgan fingerprint density at radius 2 is 1.77 bits per heavy atom. The lowest BCUT2D eigenvalue weighted by Gasteiger charge is -2.10. The van der Waals surface area contributed by atoms with Gasteiger partial charge in [-0.3, -0.25) is 9.52 Å². The number of fused-ring (bicyclic) bond motifs is 1. The molecule has 0 atom stereocenters. The third-order valence-electron chi connectivity index (χ3n) is 4.75. The van der Waals surface area contributed by atoms with E-state index < -0.39 is 10.0 Å². The number of benzene rings is 3. The predicted molar refractivity (Wildman–Crippen MR) is 123 cm³/mol. The molecule has 0 aliphatic heterocycles. The molecule has 0 bridgehead atoms. The van der Waals surface area contributed by atoms with E-state index in [1.165, 1.54) is 19.2 Å². The fourth-order valence-corrected chi connectivity index (χ4v) is 5.19. The highest BCUT2D eigenvalue weighted by molar-refractivity contribution is 7.92. The smallest absolute Gasteiger partial charge is 0.261 e. The van der Waals surface area contributed by atoms with Crippen LogP contribution < -0.4 is 14.8 Å². The SMILES string of the molecule is COc1ccc(NS(=O)(=O)c2cccc(C(=O)NCc3csc4ccccc34)c2)cc1. The van der Waals surface area contributed by atoms with E-state index in [1.54, 1.807) is 47.7 Å². The number of carbonyl (C=O) groups excluding carboxylic acids is 1. The van der Waals surface area contributed by atoms with Gasteiger partial charge in [0.2, 0.25) is 0 Å². The molecule has 6 nitrogen and oxygen atoms in total. The van der Waals surface area contributed by atoms with Gasteiger partial charge in [-0.15, -0.1) is 11.3 Å². The molecular formula is C23H20N2O4S2. The molecule has 4 aromatic rings. The summed E-state index contributed by atoms with van der Waals surface area (Å²) in [7, 11) is -2.31. The number of thiophene rings is 1. The van der Waals surface area contributed by atoms with Crippen molar-refractivity contribution in [3.63, 3.8) is 0 Å². The molecule has 1 amide bonds. The van der Waals surface area contributed by atoms with Crippen LogP contribution in [0, 0.1) is 0 Å². The average Bonchev–Trinajstić information content (AvgIpc) is 3.21. The van der Waals surface area contributed by atoms with Crippen LogP contribution in [0.3, 0.4) is 0 Å². The molecule has 1 aromatic heterocycles. The second-order valence-electron chi connectivity index (χ2n) is 6.80. The lowest BCUT2D eigenvalue weighted by atomic mass is 10.1. The molecule has 0 fully saturated rings. The van der Waals surface area contributed by atoms with Gasteiger partial charge in [-0.1, -0.05) is 24.3 Å². The minimum atomic E-state index is -3.85. The molecule has 1 heterocycles. The van der Waals surface area contributed by atoms with Gasteiger partial charge in [-0.2, -0.15) is 0 Å². The maximum atomic E-state index is 12.7. The molecule has 0 aliphatic rings. The first-order chi connectivity index (χ1) is 15.0. The summed E-state index contributed by atoms with van der Waals surface area (Å²) in [6.45, 7) is 0.365. The van der Waals surface area contributed by atoms with Gasteiger partial charge in [-0.05, 0) is 64.9 Å². The van der Waals surface area contributed by atoms with Crippen LogP contribution in [0.15, 0.2) is 83.1 Å². The number of ether oxygens (including phenoxy) is 1. The Morgan fingerprint density at radius 3 is 2.55 bits per heavy atom. The topological polar surface area (TPSA) is 84.5 Å². The molecule has 0 saturated heterocycles. The van der Waals surface area contributed by atoms with Crippen LogP contribution in [-0.4, -0.2) is 21.4 Å². The van der Waals surface area contributed by atoms with E-state index in [1.807, 2.05) is 29.6 Å². The minimum Gasteiger partial charge on any atom is -0.497 e. The molecule has 3 aromatic carbocycles. The highest BCUT2D eigenvalue weighted by Gasteiger charge is 2.17. The van der Waals surface area contributed by atoms with Gasteiger partial charge in [0.1, 0.15) is 5.75 Å². The second kappa shape index (κ2) is 8.79. The molecular weight excluding hydrogens is 432 g/mol. The molecule has 0 unspecified atom stereocenters. The summed E-state index contributed by atoms with van der Waals surface area (Å²) in [5, 5.41) is 6.00. The summed E-state index contributed by atoms with van der Waals surface area (Å²) in [5.41, 5.74) is 1.70. The van der Waals surface area contributed by atoms with Crippen molar-refractivity contribution in [2.75, 3.05) is 11.8 Å². The lowest BCUT2D eigenvalue weighted by molar-refractivity contribution is 0.0951. The molecule has 158 valence electrons. The molecule has 0 spiro atoms.